The fourth-order valence-corrected chi connectivity index (χ4v) is 6.59. The van der Waals surface area contributed by atoms with Gasteiger partial charge in [-0.2, -0.15) is 0 Å². The van der Waals surface area contributed by atoms with Crippen LogP contribution in [0.5, 0.6) is 0 Å². The second kappa shape index (κ2) is 11.3. The molecule has 0 amide bonds. The molecule has 202 valence electrons. The Hall–Kier alpha value is -3.14. The summed E-state index contributed by atoms with van der Waals surface area (Å²) in [4.78, 5) is 26.3. The van der Waals surface area contributed by atoms with Crippen LogP contribution in [0.15, 0.2) is 24.3 Å². The molecule has 3 aromatic carbocycles. The highest BCUT2D eigenvalue weighted by molar-refractivity contribution is 6.06. The molecule has 0 aromatic heterocycles. The number of methoxy groups -OCH3 is 2. The Morgan fingerprint density at radius 2 is 1.00 bits per heavy atom. The molecule has 0 atom stereocenters. The van der Waals surface area contributed by atoms with Crippen LogP contribution in [0, 0.1) is 11.8 Å². The molecular weight excluding hydrogens is 472 g/mol. The van der Waals surface area contributed by atoms with Crippen molar-refractivity contribution in [2.24, 2.45) is 11.8 Å². The number of rotatable bonds is 8. The first-order valence-electron chi connectivity index (χ1n) is 14.1. The van der Waals surface area contributed by atoms with Crippen molar-refractivity contribution in [3.63, 3.8) is 0 Å². The van der Waals surface area contributed by atoms with Crippen LogP contribution in [0.4, 0.5) is 0 Å². The van der Waals surface area contributed by atoms with Crippen LogP contribution < -0.4 is 0 Å². The van der Waals surface area contributed by atoms with Gasteiger partial charge in [-0.25, -0.2) is 9.59 Å². The largest absolute Gasteiger partial charge is 0.465 e. The van der Waals surface area contributed by atoms with E-state index in [9.17, 15) is 9.59 Å². The molecular formula is C34H42O4. The molecule has 38 heavy (non-hydrogen) atoms. The van der Waals surface area contributed by atoms with Gasteiger partial charge in [0.05, 0.1) is 25.3 Å². The zero-order valence-electron chi connectivity index (χ0n) is 24.3. The Kier molecular flexibility index (Phi) is 8.30. The molecule has 0 saturated carbocycles. The second-order valence-electron chi connectivity index (χ2n) is 11.4. The summed E-state index contributed by atoms with van der Waals surface area (Å²) in [5.41, 5.74) is 10.7. The maximum atomic E-state index is 13.2. The number of carbonyl (C=O) groups is 2. The SMILES string of the molecule is CCc1c2c(c(CC)c(C(=O)OC)c1C(=O)OC)Cc1c(c(CC(C)C)c3ccccc3c1CC(C)C)C2. The van der Waals surface area contributed by atoms with E-state index in [0.29, 0.717) is 35.8 Å². The third kappa shape index (κ3) is 4.74. The van der Waals surface area contributed by atoms with Gasteiger partial charge in [0.2, 0.25) is 0 Å². The van der Waals surface area contributed by atoms with Gasteiger partial charge in [0.15, 0.2) is 0 Å². The first kappa shape index (κ1) is 27.9. The fourth-order valence-electron chi connectivity index (χ4n) is 6.59. The molecule has 0 radical (unpaired) electrons. The summed E-state index contributed by atoms with van der Waals surface area (Å²) in [7, 11) is 2.77. The van der Waals surface area contributed by atoms with Gasteiger partial charge in [0, 0.05) is 0 Å². The van der Waals surface area contributed by atoms with E-state index in [1.165, 1.54) is 58.4 Å². The minimum absolute atomic E-state index is 0.384. The molecule has 1 aliphatic rings. The predicted octanol–water partition coefficient (Wildman–Crippen LogP) is 7.43. The van der Waals surface area contributed by atoms with Crippen molar-refractivity contribution in [1.82, 2.24) is 0 Å². The molecule has 0 N–H and O–H groups in total. The van der Waals surface area contributed by atoms with Gasteiger partial charge >= 0.3 is 11.9 Å². The molecule has 4 rings (SSSR count). The van der Waals surface area contributed by atoms with Crippen LogP contribution in [0.1, 0.15) is 107 Å². The highest BCUT2D eigenvalue weighted by atomic mass is 16.5. The van der Waals surface area contributed by atoms with Crippen LogP contribution >= 0.6 is 0 Å². The van der Waals surface area contributed by atoms with Gasteiger partial charge in [-0.15, -0.1) is 0 Å². The number of hydrogen-bond donors (Lipinski definition) is 0. The van der Waals surface area contributed by atoms with E-state index in [-0.39, 0.29) is 0 Å². The highest BCUT2D eigenvalue weighted by Crippen LogP contribution is 2.43. The molecule has 3 aromatic rings. The third-order valence-electron chi connectivity index (χ3n) is 8.03. The minimum Gasteiger partial charge on any atom is -0.465 e. The number of benzene rings is 3. The van der Waals surface area contributed by atoms with Crippen LogP contribution in [-0.2, 0) is 48.0 Å². The number of fused-ring (bicyclic) bond motifs is 3. The van der Waals surface area contributed by atoms with E-state index in [4.69, 9.17) is 9.47 Å². The minimum atomic E-state index is -0.466. The van der Waals surface area contributed by atoms with E-state index in [1.54, 1.807) is 0 Å². The predicted molar refractivity (Wildman–Crippen MR) is 155 cm³/mol. The molecule has 4 nitrogen and oxygen atoms in total. The summed E-state index contributed by atoms with van der Waals surface area (Å²) in [5.74, 6) is 0.104. The molecule has 0 aliphatic heterocycles. The fraction of sp³-hybridized carbons (Fsp3) is 0.471. The van der Waals surface area contributed by atoms with Gasteiger partial charge < -0.3 is 9.47 Å². The Bertz CT molecular complexity index is 1290. The Morgan fingerprint density at radius 1 is 0.658 bits per heavy atom. The highest BCUT2D eigenvalue weighted by Gasteiger charge is 2.34. The quantitative estimate of drug-likeness (QED) is 0.229. The zero-order valence-corrected chi connectivity index (χ0v) is 24.3. The molecule has 0 fully saturated rings. The van der Waals surface area contributed by atoms with E-state index in [0.717, 1.165) is 36.8 Å². The van der Waals surface area contributed by atoms with Gasteiger partial charge in [0.25, 0.3) is 0 Å². The van der Waals surface area contributed by atoms with Crippen molar-refractivity contribution in [3.05, 3.63) is 79.9 Å². The van der Waals surface area contributed by atoms with Crippen molar-refractivity contribution in [1.29, 1.82) is 0 Å². The van der Waals surface area contributed by atoms with Gasteiger partial charge in [-0.3, -0.25) is 0 Å². The summed E-state index contributed by atoms with van der Waals surface area (Å²) in [6.45, 7) is 13.2. The van der Waals surface area contributed by atoms with Crippen molar-refractivity contribution in [3.8, 4) is 0 Å². The molecule has 0 bridgehead atoms. The van der Waals surface area contributed by atoms with Crippen molar-refractivity contribution in [2.75, 3.05) is 14.2 Å². The molecule has 0 saturated heterocycles. The number of esters is 2. The summed E-state index contributed by atoms with van der Waals surface area (Å²) in [6.07, 6.45) is 4.83. The van der Waals surface area contributed by atoms with Gasteiger partial charge in [-0.05, 0) is 106 Å². The third-order valence-corrected chi connectivity index (χ3v) is 8.03. The van der Waals surface area contributed by atoms with E-state index >= 15 is 0 Å². The standard InChI is InChI=1S/C34H42O4/c1-9-21-27-17-29-25(15-19(3)4)23-13-11-12-14-24(23)26(16-20(5)6)30(29)18-28(27)22(10-2)32(34(36)38-8)31(21)33(35)37-7/h11-14,19-20H,9-10,15-18H2,1-8H3. The molecule has 0 unspecified atom stereocenters. The van der Waals surface area contributed by atoms with Crippen LogP contribution in [-0.4, -0.2) is 26.2 Å². The average molecular weight is 515 g/mol. The number of ether oxygens (including phenoxy) is 2. The number of hydrogen-bond acceptors (Lipinski definition) is 4. The zero-order chi connectivity index (χ0) is 27.7. The lowest BCUT2D eigenvalue weighted by Gasteiger charge is -2.33. The first-order chi connectivity index (χ1) is 18.2. The van der Waals surface area contributed by atoms with Gasteiger partial charge in [-0.1, -0.05) is 65.8 Å². The lowest BCUT2D eigenvalue weighted by Crippen LogP contribution is -2.25. The first-order valence-corrected chi connectivity index (χ1v) is 14.1. The molecule has 0 heterocycles. The molecule has 0 spiro atoms. The number of carbonyl (C=O) groups excluding carboxylic acids is 2. The summed E-state index contributed by atoms with van der Waals surface area (Å²) < 4.78 is 10.4. The summed E-state index contributed by atoms with van der Waals surface area (Å²) >= 11 is 0. The monoisotopic (exact) mass is 514 g/mol. The van der Waals surface area contributed by atoms with Crippen LogP contribution in [0.3, 0.4) is 0 Å². The lowest BCUT2D eigenvalue weighted by molar-refractivity contribution is 0.0553. The molecule has 1 aliphatic carbocycles. The smallest absolute Gasteiger partial charge is 0.339 e. The average Bonchev–Trinajstić information content (AvgIpc) is 2.91. The Balaban J connectivity index is 2.14. The maximum absolute atomic E-state index is 13.2. The Labute approximate surface area is 227 Å². The van der Waals surface area contributed by atoms with Crippen LogP contribution in [0.2, 0.25) is 0 Å². The van der Waals surface area contributed by atoms with Crippen molar-refractivity contribution in [2.45, 2.75) is 80.1 Å². The topological polar surface area (TPSA) is 52.6 Å². The van der Waals surface area contributed by atoms with Crippen LogP contribution in [0.25, 0.3) is 10.8 Å². The van der Waals surface area contributed by atoms with E-state index in [2.05, 4.69) is 65.8 Å². The summed E-state index contributed by atoms with van der Waals surface area (Å²) in [5, 5.41) is 2.71. The van der Waals surface area contributed by atoms with Crippen molar-refractivity contribution >= 4 is 22.7 Å². The maximum Gasteiger partial charge on any atom is 0.339 e. The van der Waals surface area contributed by atoms with Gasteiger partial charge in [0.1, 0.15) is 0 Å². The Morgan fingerprint density at radius 3 is 1.29 bits per heavy atom. The van der Waals surface area contributed by atoms with E-state index in [1.807, 2.05) is 0 Å². The van der Waals surface area contributed by atoms with Crippen molar-refractivity contribution < 1.29 is 19.1 Å². The summed E-state index contributed by atoms with van der Waals surface area (Å²) in [6, 6.07) is 8.87. The normalized spacial score (nSPS) is 12.6. The molecule has 4 heteroatoms. The lowest BCUT2D eigenvalue weighted by atomic mass is 9.71. The van der Waals surface area contributed by atoms with E-state index < -0.39 is 11.9 Å². The second-order valence-corrected chi connectivity index (χ2v) is 11.4.